The van der Waals surface area contributed by atoms with Gasteiger partial charge in [0.15, 0.2) is 5.82 Å². The van der Waals surface area contributed by atoms with Crippen LogP contribution in [0, 0.1) is 5.41 Å². The van der Waals surface area contributed by atoms with Crippen LogP contribution >= 0.6 is 0 Å². The molecular formula is C46H66N10O9. The van der Waals surface area contributed by atoms with Crippen LogP contribution in [0.1, 0.15) is 45.5 Å². The lowest BCUT2D eigenvalue weighted by Gasteiger charge is -2.35. The Kier molecular flexibility index (Phi) is 18.6. The maximum Gasteiger partial charge on any atom is 0.410 e. The van der Waals surface area contributed by atoms with E-state index in [0.29, 0.717) is 43.3 Å². The van der Waals surface area contributed by atoms with Crippen molar-refractivity contribution in [2.24, 2.45) is 5.41 Å². The first-order valence-electron chi connectivity index (χ1n) is 21.5. The van der Waals surface area contributed by atoms with E-state index in [1.54, 1.807) is 19.0 Å². The number of ether oxygens (including phenoxy) is 3. The van der Waals surface area contributed by atoms with Crippen LogP contribution in [0.15, 0.2) is 54.6 Å². The van der Waals surface area contributed by atoms with E-state index >= 15 is 0 Å². The lowest BCUT2D eigenvalue weighted by molar-refractivity contribution is -0.148. The molecule has 0 bridgehead atoms. The molecule has 4 rings (SSSR count). The number of para-hydroxylation sites is 1. The molecule has 0 unspecified atom stereocenters. The fourth-order valence-corrected chi connectivity index (χ4v) is 6.86. The van der Waals surface area contributed by atoms with Gasteiger partial charge < -0.3 is 53.9 Å². The van der Waals surface area contributed by atoms with Crippen molar-refractivity contribution < 1.29 is 43.0 Å². The second-order valence-electron chi connectivity index (χ2n) is 17.3. The van der Waals surface area contributed by atoms with E-state index in [4.69, 9.17) is 24.9 Å². The van der Waals surface area contributed by atoms with E-state index in [2.05, 4.69) is 4.98 Å². The predicted molar refractivity (Wildman–Crippen MR) is 246 cm³/mol. The zero-order valence-corrected chi connectivity index (χ0v) is 39.5. The van der Waals surface area contributed by atoms with Gasteiger partial charge >= 0.3 is 6.09 Å². The molecule has 0 aliphatic rings. The minimum atomic E-state index is -0.830. The van der Waals surface area contributed by atoms with Crippen LogP contribution in [-0.2, 0) is 57.9 Å². The number of aromatic nitrogens is 3. The van der Waals surface area contributed by atoms with Crippen molar-refractivity contribution in [2.75, 3.05) is 101 Å². The van der Waals surface area contributed by atoms with Gasteiger partial charge in [0.05, 0.1) is 43.9 Å². The molecule has 1 atom stereocenters. The Morgan fingerprint density at radius 2 is 1.26 bits per heavy atom. The van der Waals surface area contributed by atoms with E-state index in [1.165, 1.54) is 38.0 Å². The summed E-state index contributed by atoms with van der Waals surface area (Å²) in [6.07, 6.45) is -0.341. The van der Waals surface area contributed by atoms with Crippen LogP contribution in [0.2, 0.25) is 0 Å². The number of nitrogen functional groups attached to an aromatic ring is 1. The number of imidazole rings is 1. The normalized spacial score (nSPS) is 11.8. The van der Waals surface area contributed by atoms with E-state index in [-0.39, 0.29) is 63.9 Å². The number of hydrogen-bond donors (Lipinski definition) is 1. The highest BCUT2D eigenvalue weighted by molar-refractivity contribution is 6.06. The predicted octanol–water partition coefficient (Wildman–Crippen LogP) is 3.09. The molecule has 2 aromatic heterocycles. The van der Waals surface area contributed by atoms with Crippen LogP contribution < -0.4 is 5.73 Å². The fourth-order valence-electron chi connectivity index (χ4n) is 6.86. The molecule has 2 N–H and O–H groups in total. The van der Waals surface area contributed by atoms with Gasteiger partial charge in [0.1, 0.15) is 37.1 Å². The van der Waals surface area contributed by atoms with Crippen molar-refractivity contribution in [3.8, 4) is 0 Å². The van der Waals surface area contributed by atoms with Gasteiger partial charge in [-0.1, -0.05) is 69.3 Å². The van der Waals surface area contributed by atoms with Crippen molar-refractivity contribution in [1.82, 2.24) is 43.9 Å². The van der Waals surface area contributed by atoms with Crippen molar-refractivity contribution in [3.63, 3.8) is 0 Å². The number of anilines is 1. The summed E-state index contributed by atoms with van der Waals surface area (Å²) in [5.41, 5.74) is 8.99. The number of likely N-dealkylation sites (N-methyl/N-ethyl adjacent to an activating group) is 6. The molecule has 0 aliphatic heterocycles. The maximum absolute atomic E-state index is 14.0. The van der Waals surface area contributed by atoms with Gasteiger partial charge in [-0.05, 0) is 30.4 Å². The molecule has 19 nitrogen and oxygen atoms in total. The van der Waals surface area contributed by atoms with Crippen LogP contribution in [0.25, 0.3) is 21.9 Å². The summed E-state index contributed by atoms with van der Waals surface area (Å²) < 4.78 is 19.1. The van der Waals surface area contributed by atoms with Crippen LogP contribution in [0.3, 0.4) is 0 Å². The molecular weight excluding hydrogens is 837 g/mol. The number of nitrogens with two attached hydrogens (primary N) is 1. The van der Waals surface area contributed by atoms with Gasteiger partial charge in [-0.3, -0.25) is 24.0 Å². The molecule has 4 aromatic rings. The van der Waals surface area contributed by atoms with Crippen molar-refractivity contribution in [2.45, 2.75) is 59.9 Å². The minimum absolute atomic E-state index is 0.0455. The van der Waals surface area contributed by atoms with Crippen molar-refractivity contribution >= 4 is 63.4 Å². The van der Waals surface area contributed by atoms with Crippen molar-refractivity contribution in [3.05, 3.63) is 66.0 Å². The molecule has 2 heterocycles. The van der Waals surface area contributed by atoms with E-state index in [9.17, 15) is 28.8 Å². The molecule has 65 heavy (non-hydrogen) atoms. The molecule has 354 valence electrons. The number of nitrogens with zero attached hydrogens (tertiary/aromatic N) is 9. The van der Waals surface area contributed by atoms with Crippen LogP contribution in [0.4, 0.5) is 10.6 Å². The monoisotopic (exact) mass is 903 g/mol. The first-order valence-corrected chi connectivity index (χ1v) is 21.5. The molecule has 0 radical (unpaired) electrons. The number of amides is 6. The smallest absolute Gasteiger partial charge is 0.410 e. The van der Waals surface area contributed by atoms with E-state index in [0.717, 1.165) is 36.7 Å². The first kappa shape index (κ1) is 51.3. The lowest BCUT2D eigenvalue weighted by atomic mass is 9.87. The fraction of sp³-hybridized carbons (Fsp3) is 0.522. The summed E-state index contributed by atoms with van der Waals surface area (Å²) in [6.45, 7) is 8.59. The highest BCUT2D eigenvalue weighted by Crippen LogP contribution is 2.29. The van der Waals surface area contributed by atoms with Gasteiger partial charge in [-0.15, -0.1) is 0 Å². The Hall–Kier alpha value is -6.34. The zero-order chi connectivity index (χ0) is 48.0. The molecule has 6 amide bonds. The summed E-state index contributed by atoms with van der Waals surface area (Å²) in [5.74, 6) is -1.26. The quantitative estimate of drug-likeness (QED) is 0.113. The second-order valence-corrected chi connectivity index (χ2v) is 17.3. The Balaban J connectivity index is 1.27. The third-order valence-electron chi connectivity index (χ3n) is 10.8. The van der Waals surface area contributed by atoms with E-state index < -0.39 is 35.8 Å². The molecule has 0 aliphatic carbocycles. The highest BCUT2D eigenvalue weighted by atomic mass is 16.6. The standard InChI is InChI=1S/C46H66N10O9/c1-11-63-31-36-49-41-42(33-19-15-16-20-34(33)48-43(41)47)56(36)22-24-64-23-21-50(5)44(61)35(25-46(2,3)4)55(10)40(60)29-53(8)38(58)27-51(6)37(57)26-52(7)39(59)28-54(9)45(62)65-30-32-17-13-12-14-18-32/h12-20,35H,11,21-31H2,1-10H3,(H2,47,48)/t35-/m0/s1. The summed E-state index contributed by atoms with van der Waals surface area (Å²) >= 11 is 0. The zero-order valence-electron chi connectivity index (χ0n) is 39.5. The second kappa shape index (κ2) is 23.5. The number of hydrogen-bond acceptors (Lipinski definition) is 12. The van der Waals surface area contributed by atoms with Gasteiger partial charge in [0.2, 0.25) is 29.5 Å². The number of pyridine rings is 1. The van der Waals surface area contributed by atoms with Crippen LogP contribution in [0.5, 0.6) is 0 Å². The molecule has 0 spiro atoms. The van der Waals surface area contributed by atoms with Gasteiger partial charge in [0.25, 0.3) is 0 Å². The largest absolute Gasteiger partial charge is 0.445 e. The molecule has 0 saturated carbocycles. The third-order valence-corrected chi connectivity index (χ3v) is 10.8. The number of carbonyl (C=O) groups excluding carboxylic acids is 6. The van der Waals surface area contributed by atoms with Gasteiger partial charge in [-0.25, -0.2) is 14.8 Å². The average Bonchev–Trinajstić information content (AvgIpc) is 3.64. The number of benzene rings is 2. The Morgan fingerprint density at radius 3 is 1.86 bits per heavy atom. The average molecular weight is 903 g/mol. The first-order chi connectivity index (χ1) is 30.7. The molecule has 0 fully saturated rings. The Labute approximate surface area is 381 Å². The molecule has 19 heteroatoms. The maximum atomic E-state index is 14.0. The van der Waals surface area contributed by atoms with Crippen LogP contribution in [-0.4, -0.2) is 180 Å². The summed E-state index contributed by atoms with van der Waals surface area (Å²) in [6, 6.07) is 16.0. The number of carbonyl (C=O) groups is 6. The summed E-state index contributed by atoms with van der Waals surface area (Å²) in [5, 5.41) is 0.912. The Morgan fingerprint density at radius 1 is 0.692 bits per heavy atom. The highest BCUT2D eigenvalue weighted by Gasteiger charge is 2.34. The topological polar surface area (TPSA) is 206 Å². The third kappa shape index (κ3) is 14.6. The lowest BCUT2D eigenvalue weighted by Crippen LogP contribution is -2.53. The van der Waals surface area contributed by atoms with Crippen molar-refractivity contribution in [1.29, 1.82) is 0 Å². The van der Waals surface area contributed by atoms with E-state index in [1.807, 2.05) is 86.9 Å². The number of fused-ring (bicyclic) bond motifs is 3. The number of rotatable bonds is 22. The summed E-state index contributed by atoms with van der Waals surface area (Å²) in [7, 11) is 8.90. The minimum Gasteiger partial charge on any atom is -0.445 e. The molecule has 0 saturated heterocycles. The van der Waals surface area contributed by atoms with Gasteiger partial charge in [-0.2, -0.15) is 0 Å². The van der Waals surface area contributed by atoms with Gasteiger partial charge in [0, 0.05) is 67.4 Å². The SMILES string of the molecule is CCOCc1nc2c(N)nc3ccccc3c2n1CCOCCN(C)C(=O)[C@H](CC(C)(C)C)N(C)C(=O)CN(C)C(=O)CN(C)C(=O)CN(C)C(=O)CN(C)C(=O)OCc1ccccc1. The molecule has 2 aromatic carbocycles. The summed E-state index contributed by atoms with van der Waals surface area (Å²) in [4.78, 5) is 95.9. The Bertz CT molecular complexity index is 2280.